The number of nitrogens with one attached hydrogen (secondary N) is 1. The van der Waals surface area contributed by atoms with Crippen LogP contribution in [0.1, 0.15) is 31.9 Å². The van der Waals surface area contributed by atoms with Crippen molar-refractivity contribution in [3.8, 4) is 11.1 Å². The minimum absolute atomic E-state index is 0.0455. The Morgan fingerprint density at radius 1 is 1.03 bits per heavy atom. The summed E-state index contributed by atoms with van der Waals surface area (Å²) in [6, 6.07) is 8.02. The average Bonchev–Trinajstić information content (AvgIpc) is 2.95. The van der Waals surface area contributed by atoms with Gasteiger partial charge in [-0.25, -0.2) is 13.4 Å². The molecule has 0 radical (unpaired) electrons. The predicted octanol–water partition coefficient (Wildman–Crippen LogP) is 6.73. The summed E-state index contributed by atoms with van der Waals surface area (Å²) in [7, 11) is 3.81. The maximum atomic E-state index is 15.1. The molecule has 0 unspecified atom stereocenters. The number of nitrogens with zero attached hydrogens (tertiary/aromatic N) is 2. The molecule has 0 aliphatic heterocycles. The Labute approximate surface area is 184 Å². The molecule has 0 fully saturated rings. The zero-order chi connectivity index (χ0) is 23.0. The van der Waals surface area contributed by atoms with Gasteiger partial charge >= 0.3 is 6.18 Å². The van der Waals surface area contributed by atoms with E-state index in [1.54, 1.807) is 6.07 Å². The van der Waals surface area contributed by atoms with E-state index in [4.69, 9.17) is 0 Å². The molecule has 0 saturated heterocycles. The molecule has 3 nitrogen and oxygen atoms in total. The van der Waals surface area contributed by atoms with Crippen LogP contribution in [-0.4, -0.2) is 23.0 Å². The van der Waals surface area contributed by atoms with Crippen LogP contribution >= 0.6 is 12.1 Å². The largest absolute Gasteiger partial charge is 0.417 e. The molecule has 1 heterocycles. The molecule has 1 N–H and O–H groups in total. The summed E-state index contributed by atoms with van der Waals surface area (Å²) >= 11 is 1.42. The van der Waals surface area contributed by atoms with E-state index in [1.165, 1.54) is 36.4 Å². The van der Waals surface area contributed by atoms with Crippen LogP contribution in [0, 0.1) is 11.2 Å². The van der Waals surface area contributed by atoms with E-state index in [9.17, 15) is 13.2 Å². The summed E-state index contributed by atoms with van der Waals surface area (Å²) in [4.78, 5) is 0. The first kappa shape index (κ1) is 23.6. The van der Waals surface area contributed by atoms with Crippen molar-refractivity contribution in [1.82, 2.24) is 13.6 Å². The lowest BCUT2D eigenvalue weighted by molar-refractivity contribution is -0.137. The summed E-state index contributed by atoms with van der Waals surface area (Å²) in [5.74, 6) is -0.667. The second kappa shape index (κ2) is 8.84. The van der Waals surface area contributed by atoms with Crippen molar-refractivity contribution in [1.29, 1.82) is 0 Å². The first-order chi connectivity index (χ1) is 14.4. The number of benzene rings is 2. The second-order valence-electron chi connectivity index (χ2n) is 8.96. The lowest BCUT2D eigenvalue weighted by Crippen LogP contribution is -2.15. The maximum absolute atomic E-state index is 15.1. The van der Waals surface area contributed by atoms with Crippen LogP contribution in [0.3, 0.4) is 0 Å². The molecular weight excluding hydrogens is 426 g/mol. The van der Waals surface area contributed by atoms with Crippen molar-refractivity contribution < 1.29 is 17.6 Å². The number of alkyl halides is 3. The zero-order valence-electron chi connectivity index (χ0n) is 18.3. The summed E-state index contributed by atoms with van der Waals surface area (Å²) in [5, 5.41) is 0.696. The summed E-state index contributed by atoms with van der Waals surface area (Å²) in [5.41, 5.74) is 0.508. The van der Waals surface area contributed by atoms with Gasteiger partial charge in [0.15, 0.2) is 0 Å². The molecule has 8 heteroatoms. The fourth-order valence-electron chi connectivity index (χ4n) is 3.58. The Bertz CT molecular complexity index is 1070. The Hall–Kier alpha value is -2.03. The fourth-order valence-corrected chi connectivity index (χ4v) is 4.06. The van der Waals surface area contributed by atoms with Gasteiger partial charge in [0.1, 0.15) is 5.82 Å². The molecule has 0 atom stereocenters. The topological polar surface area (TPSA) is 20.2 Å². The van der Waals surface area contributed by atoms with Gasteiger partial charge in [-0.15, -0.1) is 0 Å². The van der Waals surface area contributed by atoms with Gasteiger partial charge in [0.2, 0.25) is 0 Å². The zero-order valence-corrected chi connectivity index (χ0v) is 19.1. The molecule has 3 aromatic rings. The average molecular weight is 454 g/mol. The molecule has 31 heavy (non-hydrogen) atoms. The second-order valence-corrected chi connectivity index (χ2v) is 10.2. The van der Waals surface area contributed by atoms with Crippen LogP contribution in [-0.2, 0) is 19.3 Å². The quantitative estimate of drug-likeness (QED) is 0.330. The Balaban J connectivity index is 2.17. The highest BCUT2D eigenvalue weighted by Gasteiger charge is 2.34. The van der Waals surface area contributed by atoms with E-state index in [-0.39, 0.29) is 16.5 Å². The molecule has 0 saturated carbocycles. The van der Waals surface area contributed by atoms with Gasteiger partial charge in [-0.1, -0.05) is 39.0 Å². The fraction of sp³-hybridized carbons (Fsp3) is 0.391. The van der Waals surface area contributed by atoms with Crippen LogP contribution in [0.2, 0.25) is 0 Å². The van der Waals surface area contributed by atoms with Crippen LogP contribution in [0.4, 0.5) is 17.6 Å². The SMILES string of the molecule is CN(C)SNCc1cn(CC(C)(C)C)c2cc(-c3ccccc3C(F)(F)F)c(F)cc12. The summed E-state index contributed by atoms with van der Waals surface area (Å²) in [6.45, 7) is 7.40. The van der Waals surface area contributed by atoms with Crippen molar-refractivity contribution >= 4 is 23.0 Å². The molecule has 0 amide bonds. The standard InChI is InChI=1S/C23H27F4N3S/c1-22(2,3)14-30-13-15(12-28-31-29(4)5)17-10-20(24)18(11-21(17)30)16-8-6-7-9-19(16)23(25,26)27/h6-11,13,28H,12,14H2,1-5H3. The van der Waals surface area contributed by atoms with E-state index in [2.05, 4.69) is 25.5 Å². The third-order valence-corrected chi connectivity index (χ3v) is 5.37. The van der Waals surface area contributed by atoms with Gasteiger partial charge in [0.25, 0.3) is 0 Å². The van der Waals surface area contributed by atoms with E-state index in [0.29, 0.717) is 18.5 Å². The molecule has 168 valence electrons. The van der Waals surface area contributed by atoms with Crippen molar-refractivity contribution in [2.75, 3.05) is 14.1 Å². The molecule has 3 rings (SSSR count). The molecule has 0 spiro atoms. The van der Waals surface area contributed by atoms with Crippen LogP contribution in [0.15, 0.2) is 42.6 Å². The lowest BCUT2D eigenvalue weighted by atomic mass is 9.96. The molecule has 2 aromatic carbocycles. The first-order valence-electron chi connectivity index (χ1n) is 9.92. The third kappa shape index (κ3) is 5.61. The smallest absolute Gasteiger partial charge is 0.347 e. The third-order valence-electron chi connectivity index (χ3n) is 4.73. The number of halogens is 4. The van der Waals surface area contributed by atoms with Crippen molar-refractivity contribution in [2.45, 2.75) is 40.0 Å². The lowest BCUT2D eigenvalue weighted by Gasteiger charge is -2.20. The Kier molecular flexibility index (Phi) is 6.74. The van der Waals surface area contributed by atoms with Gasteiger partial charge in [0.05, 0.1) is 5.56 Å². The predicted molar refractivity (Wildman–Crippen MR) is 120 cm³/mol. The van der Waals surface area contributed by atoms with Gasteiger partial charge in [0, 0.05) is 47.9 Å². The number of fused-ring (bicyclic) bond motifs is 1. The minimum Gasteiger partial charge on any atom is -0.347 e. The van der Waals surface area contributed by atoms with Crippen LogP contribution in [0.25, 0.3) is 22.0 Å². The number of hydrogen-bond acceptors (Lipinski definition) is 3. The Morgan fingerprint density at radius 2 is 1.71 bits per heavy atom. The van der Waals surface area contributed by atoms with Gasteiger partial charge in [-0.3, -0.25) is 0 Å². The molecular formula is C23H27F4N3S. The van der Waals surface area contributed by atoms with Gasteiger partial charge < -0.3 is 4.57 Å². The number of hydrogen-bond donors (Lipinski definition) is 1. The van der Waals surface area contributed by atoms with Gasteiger partial charge in [-0.2, -0.15) is 13.2 Å². The summed E-state index contributed by atoms with van der Waals surface area (Å²) in [6.07, 6.45) is -2.61. The van der Waals surface area contributed by atoms with Crippen molar-refractivity contribution in [3.05, 3.63) is 59.5 Å². The van der Waals surface area contributed by atoms with E-state index in [0.717, 1.165) is 17.1 Å². The van der Waals surface area contributed by atoms with E-state index < -0.39 is 17.6 Å². The molecule has 1 aromatic heterocycles. The van der Waals surface area contributed by atoms with E-state index in [1.807, 2.05) is 29.2 Å². The number of aromatic nitrogens is 1. The molecule has 0 aliphatic rings. The van der Waals surface area contributed by atoms with Crippen LogP contribution in [0.5, 0.6) is 0 Å². The Morgan fingerprint density at radius 3 is 2.32 bits per heavy atom. The molecule has 0 aliphatic carbocycles. The normalized spacial score (nSPS) is 12.8. The highest BCUT2D eigenvalue weighted by Crippen LogP contribution is 2.39. The molecule has 0 bridgehead atoms. The monoisotopic (exact) mass is 453 g/mol. The van der Waals surface area contributed by atoms with Crippen LogP contribution < -0.4 is 4.72 Å². The maximum Gasteiger partial charge on any atom is 0.417 e. The highest BCUT2D eigenvalue weighted by molar-refractivity contribution is 7.95. The van der Waals surface area contributed by atoms with Crippen molar-refractivity contribution in [3.63, 3.8) is 0 Å². The van der Waals surface area contributed by atoms with Gasteiger partial charge in [-0.05, 0) is 48.8 Å². The number of rotatable bonds is 6. The minimum atomic E-state index is -4.57. The van der Waals surface area contributed by atoms with E-state index >= 15 is 4.39 Å². The van der Waals surface area contributed by atoms with Crippen molar-refractivity contribution in [2.24, 2.45) is 5.41 Å². The summed E-state index contributed by atoms with van der Waals surface area (Å²) < 4.78 is 62.9. The first-order valence-corrected chi connectivity index (χ1v) is 10.7. The highest BCUT2D eigenvalue weighted by atomic mass is 32.2.